The Kier molecular flexibility index (Phi) is 6.97. The van der Waals surface area contributed by atoms with Crippen molar-refractivity contribution in [2.75, 3.05) is 0 Å². The number of allylic oxidation sites excluding steroid dienone is 1. The molecular formula is C25H42O. The zero-order valence-corrected chi connectivity index (χ0v) is 18.1. The third-order valence-electron chi connectivity index (χ3n) is 8.44. The summed E-state index contributed by atoms with van der Waals surface area (Å²) in [5.41, 5.74) is 2.47. The summed E-state index contributed by atoms with van der Waals surface area (Å²) >= 11 is 0. The van der Waals surface area contributed by atoms with E-state index in [0.717, 1.165) is 36.5 Å². The van der Waals surface area contributed by atoms with Gasteiger partial charge in [0.05, 0.1) is 0 Å². The molecule has 0 bridgehead atoms. The van der Waals surface area contributed by atoms with Crippen molar-refractivity contribution in [1.82, 2.24) is 0 Å². The Bertz CT molecular complexity index is 532. The average Bonchev–Trinajstić information content (AvgIpc) is 2.93. The second kappa shape index (κ2) is 8.44. The van der Waals surface area contributed by atoms with Gasteiger partial charge in [0.1, 0.15) is 0 Å². The van der Waals surface area contributed by atoms with Crippen molar-refractivity contribution in [2.24, 2.45) is 34.5 Å². The predicted molar refractivity (Wildman–Crippen MR) is 113 cm³/mol. The molecule has 3 fully saturated rings. The van der Waals surface area contributed by atoms with Gasteiger partial charge in [-0.05, 0) is 85.5 Å². The highest BCUT2D eigenvalue weighted by Gasteiger charge is 2.57. The summed E-state index contributed by atoms with van der Waals surface area (Å²) in [5, 5.41) is 0. The van der Waals surface area contributed by atoms with Crippen LogP contribution in [-0.2, 0) is 4.79 Å². The van der Waals surface area contributed by atoms with Crippen LogP contribution in [0.4, 0.5) is 0 Å². The van der Waals surface area contributed by atoms with Crippen molar-refractivity contribution in [3.8, 4) is 0 Å². The maximum absolute atomic E-state index is 11.8. The summed E-state index contributed by atoms with van der Waals surface area (Å²) in [6.07, 6.45) is 13.5. The molecule has 0 amide bonds. The SMILES string of the molecule is C=C.CC1CCC2C3CCC4=CC(=O)CCC4(C)C3CCC12C.CCC. The summed E-state index contributed by atoms with van der Waals surface area (Å²) in [6, 6.07) is 0. The Morgan fingerprint density at radius 2 is 1.65 bits per heavy atom. The van der Waals surface area contributed by atoms with E-state index in [1.807, 2.05) is 6.08 Å². The van der Waals surface area contributed by atoms with Gasteiger partial charge < -0.3 is 0 Å². The molecule has 0 N–H and O–H groups in total. The lowest BCUT2D eigenvalue weighted by Crippen LogP contribution is -2.50. The fourth-order valence-electron chi connectivity index (χ4n) is 6.82. The molecule has 1 heteroatoms. The fraction of sp³-hybridized carbons (Fsp3) is 0.800. The maximum atomic E-state index is 11.8. The minimum atomic E-state index is 0.351. The van der Waals surface area contributed by atoms with Gasteiger partial charge >= 0.3 is 0 Å². The van der Waals surface area contributed by atoms with Gasteiger partial charge in [-0.2, -0.15) is 0 Å². The lowest BCUT2D eigenvalue weighted by Gasteiger charge is -2.58. The van der Waals surface area contributed by atoms with E-state index < -0.39 is 0 Å². The van der Waals surface area contributed by atoms with Crippen molar-refractivity contribution < 1.29 is 4.79 Å². The number of hydrogen-bond acceptors (Lipinski definition) is 1. The third-order valence-corrected chi connectivity index (χ3v) is 8.44. The number of rotatable bonds is 0. The van der Waals surface area contributed by atoms with Crippen LogP contribution in [0.2, 0.25) is 0 Å². The Hall–Kier alpha value is -0.850. The van der Waals surface area contributed by atoms with E-state index in [0.29, 0.717) is 16.6 Å². The molecule has 0 spiro atoms. The maximum Gasteiger partial charge on any atom is 0.155 e. The van der Waals surface area contributed by atoms with Gasteiger partial charge in [0.2, 0.25) is 0 Å². The first-order valence-electron chi connectivity index (χ1n) is 11.1. The first kappa shape index (κ1) is 21.5. The molecule has 0 aliphatic heterocycles. The van der Waals surface area contributed by atoms with Gasteiger partial charge in [-0.15, -0.1) is 13.2 Å². The number of fused-ring (bicyclic) bond motifs is 5. The van der Waals surface area contributed by atoms with Crippen molar-refractivity contribution in [3.63, 3.8) is 0 Å². The highest BCUT2D eigenvalue weighted by atomic mass is 16.1. The summed E-state index contributed by atoms with van der Waals surface area (Å²) < 4.78 is 0. The van der Waals surface area contributed by atoms with E-state index in [4.69, 9.17) is 0 Å². The molecule has 0 aromatic rings. The second-order valence-corrected chi connectivity index (χ2v) is 9.70. The number of ketones is 1. The van der Waals surface area contributed by atoms with Crippen LogP contribution in [0, 0.1) is 34.5 Å². The molecule has 0 aromatic heterocycles. The van der Waals surface area contributed by atoms with Crippen molar-refractivity contribution >= 4 is 5.78 Å². The Morgan fingerprint density at radius 3 is 2.31 bits per heavy atom. The van der Waals surface area contributed by atoms with E-state index >= 15 is 0 Å². The quantitative estimate of drug-likeness (QED) is 0.413. The number of carbonyl (C=O) groups excluding carboxylic acids is 1. The third kappa shape index (κ3) is 3.48. The zero-order valence-electron chi connectivity index (χ0n) is 18.1. The number of hydrogen-bond donors (Lipinski definition) is 0. The molecule has 3 saturated carbocycles. The predicted octanol–water partition coefficient (Wildman–Crippen LogP) is 7.37. The normalized spacial score (nSPS) is 43.4. The molecule has 4 aliphatic rings. The standard InChI is InChI=1S/C20H30O.C3H8.C2H4/c1-13-4-7-17-16-6-5-14-12-15(21)8-10-20(14,3)18(16)9-11-19(13,17)2;1-3-2;1-2/h12-13,16-18H,4-11H2,1-3H3;3H2,1-2H3;1-2H2. The first-order valence-corrected chi connectivity index (χ1v) is 11.1. The van der Waals surface area contributed by atoms with Crippen LogP contribution in [0.15, 0.2) is 24.8 Å². The van der Waals surface area contributed by atoms with Crippen LogP contribution in [0.3, 0.4) is 0 Å². The molecule has 148 valence electrons. The van der Waals surface area contributed by atoms with E-state index in [1.54, 1.807) is 0 Å². The summed E-state index contributed by atoms with van der Waals surface area (Å²) in [4.78, 5) is 11.8. The molecule has 0 saturated heterocycles. The Balaban J connectivity index is 0.000000444. The molecular weight excluding hydrogens is 316 g/mol. The molecule has 0 aromatic carbocycles. The van der Waals surface area contributed by atoms with Crippen LogP contribution in [-0.4, -0.2) is 5.78 Å². The van der Waals surface area contributed by atoms with Crippen LogP contribution >= 0.6 is 0 Å². The van der Waals surface area contributed by atoms with Crippen molar-refractivity contribution in [3.05, 3.63) is 24.8 Å². The molecule has 0 heterocycles. The Labute approximate surface area is 162 Å². The van der Waals surface area contributed by atoms with Gasteiger partial charge in [-0.3, -0.25) is 4.79 Å². The topological polar surface area (TPSA) is 17.1 Å². The highest BCUT2D eigenvalue weighted by Crippen LogP contribution is 2.66. The van der Waals surface area contributed by atoms with E-state index in [9.17, 15) is 4.79 Å². The molecule has 4 rings (SSSR count). The molecule has 1 nitrogen and oxygen atoms in total. The van der Waals surface area contributed by atoms with Crippen LogP contribution in [0.1, 0.15) is 92.4 Å². The smallest absolute Gasteiger partial charge is 0.155 e. The van der Waals surface area contributed by atoms with Crippen molar-refractivity contribution in [1.29, 1.82) is 0 Å². The lowest BCUT2D eigenvalue weighted by atomic mass is 9.47. The van der Waals surface area contributed by atoms with Crippen LogP contribution in [0.5, 0.6) is 0 Å². The van der Waals surface area contributed by atoms with E-state index in [1.165, 1.54) is 50.5 Å². The molecule has 0 radical (unpaired) electrons. The van der Waals surface area contributed by atoms with Gasteiger partial charge in [0.15, 0.2) is 5.78 Å². The minimum Gasteiger partial charge on any atom is -0.295 e. The largest absolute Gasteiger partial charge is 0.295 e. The number of carbonyl (C=O) groups is 1. The average molecular weight is 359 g/mol. The zero-order chi connectivity index (χ0) is 19.5. The van der Waals surface area contributed by atoms with Gasteiger partial charge in [-0.25, -0.2) is 0 Å². The first-order chi connectivity index (χ1) is 12.4. The Morgan fingerprint density at radius 1 is 1.00 bits per heavy atom. The van der Waals surface area contributed by atoms with Gasteiger partial charge in [0.25, 0.3) is 0 Å². The molecule has 6 unspecified atom stereocenters. The van der Waals surface area contributed by atoms with Gasteiger partial charge in [0, 0.05) is 6.42 Å². The molecule has 4 aliphatic carbocycles. The lowest BCUT2D eigenvalue weighted by molar-refractivity contribution is -0.117. The van der Waals surface area contributed by atoms with Crippen LogP contribution < -0.4 is 0 Å². The minimum absolute atomic E-state index is 0.351. The van der Waals surface area contributed by atoms with E-state index in [-0.39, 0.29) is 0 Å². The summed E-state index contributed by atoms with van der Waals surface area (Å²) in [5.74, 6) is 4.05. The highest BCUT2D eigenvalue weighted by molar-refractivity contribution is 5.91. The molecule has 6 atom stereocenters. The van der Waals surface area contributed by atoms with E-state index in [2.05, 4.69) is 47.8 Å². The second-order valence-electron chi connectivity index (χ2n) is 9.70. The van der Waals surface area contributed by atoms with Crippen molar-refractivity contribution in [2.45, 2.75) is 92.4 Å². The fourth-order valence-corrected chi connectivity index (χ4v) is 6.82. The molecule has 26 heavy (non-hydrogen) atoms. The monoisotopic (exact) mass is 358 g/mol. The van der Waals surface area contributed by atoms with Gasteiger partial charge in [-0.1, -0.05) is 46.6 Å². The summed E-state index contributed by atoms with van der Waals surface area (Å²) in [7, 11) is 0. The summed E-state index contributed by atoms with van der Waals surface area (Å²) in [6.45, 7) is 17.8. The van der Waals surface area contributed by atoms with Crippen LogP contribution in [0.25, 0.3) is 0 Å².